The van der Waals surface area contributed by atoms with Crippen LogP contribution in [0.3, 0.4) is 0 Å². The normalized spacial score (nSPS) is 12.1. The summed E-state index contributed by atoms with van der Waals surface area (Å²) in [5.41, 5.74) is 2.64. The van der Waals surface area contributed by atoms with Crippen molar-refractivity contribution in [2.24, 2.45) is 0 Å². The fraction of sp³-hybridized carbons (Fsp3) is 0.167. The van der Waals surface area contributed by atoms with E-state index in [2.05, 4.69) is 26.1 Å². The van der Waals surface area contributed by atoms with Crippen LogP contribution in [0.15, 0.2) is 79.1 Å². The first kappa shape index (κ1) is 22.1. The molecule has 0 atom stereocenters. The van der Waals surface area contributed by atoms with Crippen molar-refractivity contribution in [1.82, 2.24) is 0 Å². The summed E-state index contributed by atoms with van der Waals surface area (Å²) in [6.07, 6.45) is 3.69. The van der Waals surface area contributed by atoms with Crippen LogP contribution < -0.4 is 9.88 Å². The summed E-state index contributed by atoms with van der Waals surface area (Å²) < 4.78 is 1.74. The van der Waals surface area contributed by atoms with Crippen LogP contribution in [0.1, 0.15) is 31.9 Å². The molecule has 7 heteroatoms. The lowest BCUT2D eigenvalue weighted by Crippen LogP contribution is -2.39. The predicted molar refractivity (Wildman–Crippen MR) is 127 cm³/mol. The third kappa shape index (κ3) is 5.32. The molecule has 6 nitrogen and oxygen atoms in total. The molecule has 0 aliphatic rings. The lowest BCUT2D eigenvalue weighted by molar-refractivity contribution is -0.575. The van der Waals surface area contributed by atoms with Gasteiger partial charge >= 0.3 is 0 Å². The highest BCUT2D eigenvalue weighted by Gasteiger charge is 2.25. The van der Waals surface area contributed by atoms with E-state index in [1.165, 1.54) is 24.3 Å². The van der Waals surface area contributed by atoms with Crippen LogP contribution >= 0.6 is 12.2 Å². The molecular formula is C24H24N3O3S+. The molecule has 0 amide bonds. The quantitative estimate of drug-likeness (QED) is 0.138. The average molecular weight is 435 g/mol. The molecule has 1 aromatic heterocycles. The molecular weight excluding hydrogens is 410 g/mol. The number of nitrogens with one attached hydrogen (secondary N) is 1. The molecule has 31 heavy (non-hydrogen) atoms. The molecule has 0 radical (unpaired) electrons. The summed E-state index contributed by atoms with van der Waals surface area (Å²) in [6.45, 7) is 6.37. The number of pyridine rings is 1. The highest BCUT2D eigenvalue weighted by molar-refractivity contribution is 7.81. The largest absolute Gasteiger partial charge is 0.502 e. The number of anilines is 1. The van der Waals surface area contributed by atoms with Gasteiger partial charge in [0.2, 0.25) is 0 Å². The highest BCUT2D eigenvalue weighted by Crippen LogP contribution is 2.23. The first-order valence-corrected chi connectivity index (χ1v) is 10.1. The van der Waals surface area contributed by atoms with Crippen LogP contribution in [0, 0.1) is 10.1 Å². The highest BCUT2D eigenvalue weighted by atomic mass is 32.1. The minimum atomic E-state index is -0.479. The number of nitro groups is 1. The van der Waals surface area contributed by atoms with Crippen LogP contribution in [0.2, 0.25) is 0 Å². The van der Waals surface area contributed by atoms with E-state index in [1.807, 2.05) is 54.9 Å². The van der Waals surface area contributed by atoms with E-state index in [0.717, 1.165) is 11.3 Å². The summed E-state index contributed by atoms with van der Waals surface area (Å²) in [6, 6.07) is 19.1. The summed E-state index contributed by atoms with van der Waals surface area (Å²) >= 11 is 5.63. The van der Waals surface area contributed by atoms with Gasteiger partial charge in [-0.3, -0.25) is 10.1 Å². The van der Waals surface area contributed by atoms with Gasteiger partial charge < -0.3 is 10.4 Å². The second-order valence-corrected chi connectivity index (χ2v) is 8.47. The van der Waals surface area contributed by atoms with E-state index in [0.29, 0.717) is 16.2 Å². The summed E-state index contributed by atoms with van der Waals surface area (Å²) in [5, 5.41) is 25.2. The van der Waals surface area contributed by atoms with Crippen LogP contribution in [0.25, 0.3) is 11.5 Å². The first-order chi connectivity index (χ1) is 14.7. The molecule has 0 fully saturated rings. The fourth-order valence-corrected chi connectivity index (χ4v) is 3.33. The lowest BCUT2D eigenvalue weighted by atomic mass is 9.88. The number of hydrogen-bond donors (Lipinski definition) is 2. The van der Waals surface area contributed by atoms with Crippen molar-refractivity contribution in [1.29, 1.82) is 0 Å². The summed E-state index contributed by atoms with van der Waals surface area (Å²) in [5.74, 6) is -0.0863. The number of non-ortho nitro benzene ring substituents is 1. The second-order valence-electron chi connectivity index (χ2n) is 8.07. The maximum absolute atomic E-state index is 11.1. The second kappa shape index (κ2) is 9.06. The Bertz CT molecular complexity index is 1120. The van der Waals surface area contributed by atoms with Crippen molar-refractivity contribution < 1.29 is 14.6 Å². The van der Waals surface area contributed by atoms with Crippen LogP contribution in [-0.4, -0.2) is 15.0 Å². The Morgan fingerprint density at radius 3 is 2.10 bits per heavy atom. The number of benzene rings is 2. The molecule has 0 unspecified atom stereocenters. The van der Waals surface area contributed by atoms with Gasteiger partial charge in [-0.15, -0.1) is 0 Å². The van der Waals surface area contributed by atoms with E-state index >= 15 is 0 Å². The van der Waals surface area contributed by atoms with Gasteiger partial charge in [0, 0.05) is 35.5 Å². The van der Waals surface area contributed by atoms with Crippen molar-refractivity contribution in [3.8, 4) is 0 Å². The number of thiocarbonyl (C=S) groups is 1. The van der Waals surface area contributed by atoms with Gasteiger partial charge in [-0.1, -0.05) is 51.2 Å². The van der Waals surface area contributed by atoms with Crippen molar-refractivity contribution >= 4 is 40.0 Å². The van der Waals surface area contributed by atoms with E-state index < -0.39 is 4.92 Å². The van der Waals surface area contributed by atoms with E-state index in [-0.39, 0.29) is 16.9 Å². The molecule has 0 aliphatic carbocycles. The molecule has 3 aromatic rings. The van der Waals surface area contributed by atoms with Crippen molar-refractivity contribution in [2.45, 2.75) is 26.2 Å². The maximum atomic E-state index is 11.1. The van der Waals surface area contributed by atoms with Crippen LogP contribution in [0.5, 0.6) is 0 Å². The zero-order valence-electron chi connectivity index (χ0n) is 17.6. The van der Waals surface area contributed by atoms with Crippen molar-refractivity contribution in [3.63, 3.8) is 0 Å². The number of hydrogen-bond acceptors (Lipinski definition) is 4. The lowest BCUT2D eigenvalue weighted by Gasteiger charge is -2.18. The topological polar surface area (TPSA) is 79.3 Å². The van der Waals surface area contributed by atoms with Gasteiger partial charge in [0.15, 0.2) is 23.1 Å². The molecule has 0 spiro atoms. The van der Waals surface area contributed by atoms with Gasteiger partial charge in [0.1, 0.15) is 0 Å². The molecule has 158 valence electrons. The molecule has 2 aromatic carbocycles. The zero-order chi connectivity index (χ0) is 22.6. The van der Waals surface area contributed by atoms with Crippen LogP contribution in [-0.2, 0) is 5.41 Å². The van der Waals surface area contributed by atoms with Gasteiger partial charge in [-0.05, 0) is 35.2 Å². The maximum Gasteiger partial charge on any atom is 0.288 e. The number of aromatic nitrogens is 1. The monoisotopic (exact) mass is 434 g/mol. The SMILES string of the molecule is CC(C)(C)c1cc[n+](/C(C(=S)Nc2ccccc2)=C(\O)c2ccc([N+](=O)[O-])cc2)cc1. The number of para-hydroxylation sites is 1. The number of rotatable bonds is 5. The Kier molecular flexibility index (Phi) is 6.46. The van der Waals surface area contributed by atoms with Gasteiger partial charge in [-0.2, -0.15) is 4.57 Å². The predicted octanol–water partition coefficient (Wildman–Crippen LogP) is 5.50. The zero-order valence-corrected chi connectivity index (χ0v) is 18.4. The number of nitrogens with zero attached hydrogens (tertiary/aromatic N) is 2. The molecule has 0 saturated heterocycles. The Hall–Kier alpha value is -3.58. The fourth-order valence-electron chi connectivity index (χ4n) is 3.01. The van der Waals surface area contributed by atoms with Crippen molar-refractivity contribution in [3.05, 3.63) is 100 Å². The van der Waals surface area contributed by atoms with Crippen molar-refractivity contribution in [2.75, 3.05) is 5.32 Å². The van der Waals surface area contributed by atoms with Gasteiger partial charge in [0.05, 0.1) is 4.92 Å². The summed E-state index contributed by atoms with van der Waals surface area (Å²) in [7, 11) is 0. The Morgan fingerprint density at radius 2 is 1.58 bits per heavy atom. The molecule has 3 rings (SSSR count). The molecule has 1 heterocycles. The molecule has 0 saturated carbocycles. The average Bonchev–Trinajstić information content (AvgIpc) is 2.74. The number of aliphatic hydroxyl groups excluding tert-OH is 1. The molecule has 0 aliphatic heterocycles. The number of aliphatic hydroxyl groups is 1. The first-order valence-electron chi connectivity index (χ1n) is 9.73. The molecule has 2 N–H and O–H groups in total. The smallest absolute Gasteiger partial charge is 0.288 e. The third-order valence-corrected chi connectivity index (χ3v) is 5.07. The Morgan fingerprint density at radius 1 is 1.00 bits per heavy atom. The van der Waals surface area contributed by atoms with E-state index in [4.69, 9.17) is 12.2 Å². The van der Waals surface area contributed by atoms with Crippen LogP contribution in [0.4, 0.5) is 11.4 Å². The minimum absolute atomic E-state index is 0.0217. The van der Waals surface area contributed by atoms with E-state index in [1.54, 1.807) is 4.57 Å². The van der Waals surface area contributed by atoms with Gasteiger partial charge in [0.25, 0.3) is 11.4 Å². The molecule has 0 bridgehead atoms. The van der Waals surface area contributed by atoms with E-state index in [9.17, 15) is 15.2 Å². The standard InChI is InChI=1S/C24H23N3O3S/c1-24(2,3)18-13-15-26(16-14-18)21(23(31)25-19-7-5-4-6-8-19)22(28)17-9-11-20(12-10-17)27(29)30/h4-16H,1-3H3,(H-,25,28,31)/p+1. The summed E-state index contributed by atoms with van der Waals surface area (Å²) in [4.78, 5) is 10.8. The minimum Gasteiger partial charge on any atom is -0.502 e. The third-order valence-electron chi connectivity index (χ3n) is 4.78. The Balaban J connectivity index is 2.07. The Labute approximate surface area is 186 Å². The number of nitro benzene ring substituents is 1. The van der Waals surface area contributed by atoms with Gasteiger partial charge in [-0.25, -0.2) is 0 Å².